The molecule has 1 heterocycles. The van der Waals surface area contributed by atoms with Gasteiger partial charge in [0, 0.05) is 6.54 Å². The fourth-order valence-electron chi connectivity index (χ4n) is 2.80. The van der Waals surface area contributed by atoms with Crippen LogP contribution in [0.15, 0.2) is 42.5 Å². The molecule has 0 saturated heterocycles. The molecule has 1 unspecified atom stereocenters. The van der Waals surface area contributed by atoms with Gasteiger partial charge in [0.05, 0.1) is 6.04 Å². The molecule has 0 aliphatic rings. The van der Waals surface area contributed by atoms with Crippen LogP contribution in [-0.2, 0) is 6.42 Å². The normalized spacial score (nSPS) is 12.4. The number of nitrogens with zero attached hydrogens (tertiary/aromatic N) is 2. The molecule has 0 aliphatic carbocycles. The zero-order chi connectivity index (χ0) is 18.4. The topological polar surface area (TPSA) is 65.5 Å². The van der Waals surface area contributed by atoms with Gasteiger partial charge in [0.15, 0.2) is 5.69 Å². The third-order valence-electron chi connectivity index (χ3n) is 4.08. The Morgan fingerprint density at radius 2 is 1.84 bits per heavy atom. The summed E-state index contributed by atoms with van der Waals surface area (Å²) >= 11 is 0. The SMILES string of the molecule is CC(C)Cc1ccc(C(CNc2cccc(C(=O)O)n2)N(C)C)cc1. The van der Waals surface area contributed by atoms with Crippen LogP contribution in [0.4, 0.5) is 5.82 Å². The number of benzene rings is 1. The highest BCUT2D eigenvalue weighted by atomic mass is 16.4. The number of hydrogen-bond donors (Lipinski definition) is 2. The molecule has 0 radical (unpaired) electrons. The number of likely N-dealkylation sites (N-methyl/N-ethyl adjacent to an activating group) is 1. The van der Waals surface area contributed by atoms with Crippen LogP contribution in [0.5, 0.6) is 0 Å². The first-order chi connectivity index (χ1) is 11.9. The molecule has 1 aromatic carbocycles. The molecule has 0 aliphatic heterocycles. The average molecular weight is 341 g/mol. The zero-order valence-corrected chi connectivity index (χ0v) is 15.4. The summed E-state index contributed by atoms with van der Waals surface area (Å²) in [4.78, 5) is 17.3. The van der Waals surface area contributed by atoms with Crippen molar-refractivity contribution in [2.24, 2.45) is 5.92 Å². The molecule has 0 bridgehead atoms. The van der Waals surface area contributed by atoms with Gasteiger partial charge in [-0.05, 0) is 49.7 Å². The Morgan fingerprint density at radius 1 is 1.16 bits per heavy atom. The summed E-state index contributed by atoms with van der Waals surface area (Å²) < 4.78 is 0. The van der Waals surface area contributed by atoms with E-state index in [2.05, 4.69) is 53.3 Å². The maximum Gasteiger partial charge on any atom is 0.354 e. The average Bonchev–Trinajstić information content (AvgIpc) is 2.56. The minimum absolute atomic E-state index is 0.0458. The first-order valence-electron chi connectivity index (χ1n) is 8.56. The quantitative estimate of drug-likeness (QED) is 0.766. The number of hydrogen-bond acceptors (Lipinski definition) is 4. The highest BCUT2D eigenvalue weighted by Crippen LogP contribution is 2.20. The van der Waals surface area contributed by atoms with Gasteiger partial charge in [0.2, 0.25) is 0 Å². The summed E-state index contributed by atoms with van der Waals surface area (Å²) in [5, 5.41) is 12.3. The lowest BCUT2D eigenvalue weighted by atomic mass is 9.99. The molecule has 5 nitrogen and oxygen atoms in total. The molecule has 0 amide bonds. The highest BCUT2D eigenvalue weighted by molar-refractivity contribution is 5.85. The van der Waals surface area contributed by atoms with Gasteiger partial charge in [-0.25, -0.2) is 9.78 Å². The van der Waals surface area contributed by atoms with Gasteiger partial charge in [-0.3, -0.25) is 0 Å². The van der Waals surface area contributed by atoms with E-state index in [-0.39, 0.29) is 11.7 Å². The molecule has 25 heavy (non-hydrogen) atoms. The lowest BCUT2D eigenvalue weighted by Gasteiger charge is -2.25. The van der Waals surface area contributed by atoms with Crippen LogP contribution in [-0.4, -0.2) is 41.6 Å². The van der Waals surface area contributed by atoms with Crippen molar-refractivity contribution in [3.05, 3.63) is 59.3 Å². The predicted molar refractivity (Wildman–Crippen MR) is 101 cm³/mol. The van der Waals surface area contributed by atoms with E-state index in [0.717, 1.165) is 6.42 Å². The first kappa shape index (κ1) is 18.9. The molecule has 1 aromatic heterocycles. The van der Waals surface area contributed by atoms with E-state index in [1.807, 2.05) is 14.1 Å². The molecule has 2 aromatic rings. The van der Waals surface area contributed by atoms with Crippen LogP contribution >= 0.6 is 0 Å². The van der Waals surface area contributed by atoms with E-state index in [1.165, 1.54) is 17.2 Å². The molecule has 2 rings (SSSR count). The largest absolute Gasteiger partial charge is 0.477 e. The summed E-state index contributed by atoms with van der Waals surface area (Å²) in [5.74, 6) is 0.196. The van der Waals surface area contributed by atoms with Gasteiger partial charge in [-0.1, -0.05) is 44.2 Å². The number of anilines is 1. The van der Waals surface area contributed by atoms with Gasteiger partial charge in [0.1, 0.15) is 5.82 Å². The summed E-state index contributed by atoms with van der Waals surface area (Å²) in [6, 6.07) is 13.9. The van der Waals surface area contributed by atoms with Crippen molar-refractivity contribution < 1.29 is 9.90 Å². The smallest absolute Gasteiger partial charge is 0.354 e. The molecule has 1 atom stereocenters. The minimum atomic E-state index is -1.02. The Bertz CT molecular complexity index is 696. The summed E-state index contributed by atoms with van der Waals surface area (Å²) in [6.07, 6.45) is 1.08. The Balaban J connectivity index is 2.08. The van der Waals surface area contributed by atoms with Crippen molar-refractivity contribution in [3.8, 4) is 0 Å². The van der Waals surface area contributed by atoms with Crippen molar-refractivity contribution in [2.75, 3.05) is 26.0 Å². The van der Waals surface area contributed by atoms with E-state index in [4.69, 9.17) is 5.11 Å². The summed E-state index contributed by atoms with van der Waals surface area (Å²) in [5.41, 5.74) is 2.61. The number of pyridine rings is 1. The first-order valence-corrected chi connectivity index (χ1v) is 8.56. The number of carboxylic acid groups (broad SMARTS) is 1. The number of aromatic carboxylic acids is 1. The highest BCUT2D eigenvalue weighted by Gasteiger charge is 2.15. The van der Waals surface area contributed by atoms with Crippen LogP contribution in [0, 0.1) is 5.92 Å². The van der Waals surface area contributed by atoms with E-state index in [9.17, 15) is 4.79 Å². The van der Waals surface area contributed by atoms with E-state index in [0.29, 0.717) is 18.3 Å². The molecule has 5 heteroatoms. The Morgan fingerprint density at radius 3 is 2.40 bits per heavy atom. The van der Waals surface area contributed by atoms with Gasteiger partial charge in [0.25, 0.3) is 0 Å². The second kappa shape index (κ2) is 8.62. The van der Waals surface area contributed by atoms with E-state index < -0.39 is 5.97 Å². The van der Waals surface area contributed by atoms with Gasteiger partial charge >= 0.3 is 5.97 Å². The number of rotatable bonds is 8. The van der Waals surface area contributed by atoms with Crippen LogP contribution < -0.4 is 5.32 Å². The van der Waals surface area contributed by atoms with Crippen LogP contribution in [0.1, 0.15) is 41.5 Å². The molecular formula is C20H27N3O2. The lowest BCUT2D eigenvalue weighted by Crippen LogP contribution is -2.27. The van der Waals surface area contributed by atoms with Crippen molar-refractivity contribution in [3.63, 3.8) is 0 Å². The Kier molecular flexibility index (Phi) is 6.53. The zero-order valence-electron chi connectivity index (χ0n) is 15.4. The predicted octanol–water partition coefficient (Wildman–Crippen LogP) is 3.69. The number of carboxylic acids is 1. The van der Waals surface area contributed by atoms with Gasteiger partial charge in [-0.2, -0.15) is 0 Å². The Hall–Kier alpha value is -2.40. The van der Waals surface area contributed by atoms with Crippen molar-refractivity contribution in [1.29, 1.82) is 0 Å². The van der Waals surface area contributed by atoms with Gasteiger partial charge in [-0.15, -0.1) is 0 Å². The van der Waals surface area contributed by atoms with Gasteiger partial charge < -0.3 is 15.3 Å². The molecule has 0 fully saturated rings. The second-order valence-electron chi connectivity index (χ2n) is 6.91. The standard InChI is InChI=1S/C20H27N3O2/c1-14(2)12-15-8-10-16(11-9-15)18(23(3)4)13-21-19-7-5-6-17(22-19)20(24)25/h5-11,14,18H,12-13H2,1-4H3,(H,21,22)(H,24,25). The monoisotopic (exact) mass is 341 g/mol. The third kappa shape index (κ3) is 5.57. The maximum absolute atomic E-state index is 11.0. The summed E-state index contributed by atoms with van der Waals surface area (Å²) in [6.45, 7) is 5.09. The molecule has 134 valence electrons. The van der Waals surface area contributed by atoms with Crippen LogP contribution in [0.3, 0.4) is 0 Å². The van der Waals surface area contributed by atoms with Crippen molar-refractivity contribution >= 4 is 11.8 Å². The Labute approximate surface area is 149 Å². The molecule has 0 spiro atoms. The lowest BCUT2D eigenvalue weighted by molar-refractivity contribution is 0.0690. The minimum Gasteiger partial charge on any atom is -0.477 e. The fraction of sp³-hybridized carbons (Fsp3) is 0.400. The van der Waals surface area contributed by atoms with Crippen LogP contribution in [0.25, 0.3) is 0 Å². The molecule has 2 N–H and O–H groups in total. The maximum atomic E-state index is 11.0. The van der Waals surface area contributed by atoms with Crippen LogP contribution in [0.2, 0.25) is 0 Å². The van der Waals surface area contributed by atoms with E-state index in [1.54, 1.807) is 12.1 Å². The second-order valence-corrected chi connectivity index (χ2v) is 6.91. The third-order valence-corrected chi connectivity index (χ3v) is 4.08. The van der Waals surface area contributed by atoms with E-state index >= 15 is 0 Å². The van der Waals surface area contributed by atoms with Crippen molar-refractivity contribution in [1.82, 2.24) is 9.88 Å². The number of nitrogens with one attached hydrogen (secondary N) is 1. The molecular weight excluding hydrogens is 314 g/mol. The number of aromatic nitrogens is 1. The fourth-order valence-corrected chi connectivity index (χ4v) is 2.80. The molecule has 0 saturated carbocycles. The van der Waals surface area contributed by atoms with Crippen molar-refractivity contribution in [2.45, 2.75) is 26.3 Å². The summed E-state index contributed by atoms with van der Waals surface area (Å²) in [7, 11) is 4.07. The number of carbonyl (C=O) groups is 1.